The normalized spacial score (nSPS) is 13.2. The van der Waals surface area contributed by atoms with Crippen LogP contribution in [0.15, 0.2) is 115 Å². The molecule has 1 aliphatic carbocycles. The third-order valence-corrected chi connectivity index (χ3v) is 12.0. The fourth-order valence-electron chi connectivity index (χ4n) is 9.27. The van der Waals surface area contributed by atoms with E-state index in [1.54, 1.807) is 17.3 Å². The molecule has 4 heteroatoms. The summed E-state index contributed by atoms with van der Waals surface area (Å²) in [5.41, 5.74) is 14.2. The van der Waals surface area contributed by atoms with Gasteiger partial charge < -0.3 is 4.57 Å². The maximum absolute atomic E-state index is 4.27. The van der Waals surface area contributed by atoms with Gasteiger partial charge in [0.2, 0.25) is 0 Å². The Labute approximate surface area is 315 Å². The van der Waals surface area contributed by atoms with Crippen molar-refractivity contribution >= 4 is 21.8 Å². The predicted octanol–water partition coefficient (Wildman–Crippen LogP) is 14.0. The van der Waals surface area contributed by atoms with Crippen LogP contribution in [0.3, 0.4) is 0 Å². The molecule has 53 heavy (non-hydrogen) atoms. The number of benzene rings is 5. The molecule has 1 N–H and O–H groups in total. The van der Waals surface area contributed by atoms with Crippen LogP contribution in [0.2, 0.25) is 0 Å². The van der Waals surface area contributed by atoms with Crippen LogP contribution in [-0.2, 0) is 5.41 Å². The molecule has 0 spiro atoms. The molecule has 2 aromatic heterocycles. The van der Waals surface area contributed by atoms with E-state index in [1.165, 1.54) is 134 Å². The minimum Gasteiger partial charge on any atom is -0.309 e. The Kier molecular flexibility index (Phi) is 10.6. The van der Waals surface area contributed by atoms with Crippen LogP contribution in [0.4, 0.5) is 0 Å². The van der Waals surface area contributed by atoms with Crippen LogP contribution in [0.1, 0.15) is 115 Å². The lowest BCUT2D eigenvalue weighted by molar-refractivity contribution is 0.398. The zero-order valence-electron chi connectivity index (χ0n) is 31.7. The maximum Gasteiger partial charge on any atom is 0.112 e. The Morgan fingerprint density at radius 1 is 0.528 bits per heavy atom. The summed E-state index contributed by atoms with van der Waals surface area (Å²) in [4.78, 5) is 0. The summed E-state index contributed by atoms with van der Waals surface area (Å²) < 4.78 is 2.40. The van der Waals surface area contributed by atoms with Crippen LogP contribution in [-0.4, -0.2) is 20.0 Å². The van der Waals surface area contributed by atoms with Crippen molar-refractivity contribution in [2.45, 2.75) is 109 Å². The monoisotopic (exact) mass is 698 g/mol. The number of fused-ring (bicyclic) bond motifs is 6. The van der Waals surface area contributed by atoms with E-state index < -0.39 is 0 Å². The molecule has 0 radical (unpaired) electrons. The van der Waals surface area contributed by atoms with Gasteiger partial charge in [-0.25, -0.2) is 0 Å². The summed E-state index contributed by atoms with van der Waals surface area (Å²) in [6, 6.07) is 41.4. The third-order valence-electron chi connectivity index (χ3n) is 12.0. The lowest BCUT2D eigenvalue weighted by Crippen LogP contribution is -2.25. The van der Waals surface area contributed by atoms with Crippen LogP contribution in [0.25, 0.3) is 61.0 Å². The van der Waals surface area contributed by atoms with E-state index in [4.69, 9.17) is 0 Å². The molecule has 0 amide bonds. The van der Waals surface area contributed by atoms with Crippen molar-refractivity contribution in [3.05, 3.63) is 127 Å². The van der Waals surface area contributed by atoms with E-state index in [0.29, 0.717) is 0 Å². The number of aromatic nitrogens is 4. The minimum absolute atomic E-state index is 0.0791. The van der Waals surface area contributed by atoms with Crippen LogP contribution in [0, 0.1) is 0 Å². The third kappa shape index (κ3) is 6.85. The van der Waals surface area contributed by atoms with Gasteiger partial charge in [-0.05, 0) is 82.6 Å². The molecular formula is C49H54N4. The van der Waals surface area contributed by atoms with E-state index in [2.05, 4.69) is 143 Å². The molecule has 0 unspecified atom stereocenters. The highest BCUT2D eigenvalue weighted by atomic mass is 15.3. The number of para-hydroxylation sites is 1. The summed E-state index contributed by atoms with van der Waals surface area (Å²) in [7, 11) is 0. The Balaban J connectivity index is 1.17. The molecule has 0 bridgehead atoms. The highest BCUT2D eigenvalue weighted by molar-refractivity contribution is 6.10. The van der Waals surface area contributed by atoms with Gasteiger partial charge >= 0.3 is 0 Å². The largest absolute Gasteiger partial charge is 0.309 e. The van der Waals surface area contributed by atoms with Gasteiger partial charge in [-0.1, -0.05) is 164 Å². The Bertz CT molecular complexity index is 2260. The Hall–Kier alpha value is -4.96. The molecule has 8 rings (SSSR count). The molecule has 0 saturated carbocycles. The van der Waals surface area contributed by atoms with E-state index >= 15 is 0 Å². The lowest BCUT2D eigenvalue weighted by Gasteiger charge is -2.33. The van der Waals surface area contributed by atoms with E-state index in [0.717, 1.165) is 16.9 Å². The van der Waals surface area contributed by atoms with Crippen LogP contribution in [0.5, 0.6) is 0 Å². The highest BCUT2D eigenvalue weighted by Gasteiger charge is 2.42. The van der Waals surface area contributed by atoms with Gasteiger partial charge in [-0.15, -0.1) is 0 Å². The SMILES string of the molecule is CCCCCCCCC1(CCCCCCCC)c2ccccc2-c2ccc(-c3ccc4c(c3)c3ccccc3n4-c3ccc(-c4cn[nH]n4)cc3)cc21. The molecule has 0 atom stereocenters. The number of unbranched alkanes of at least 4 members (excludes halogenated alkanes) is 10. The van der Waals surface area contributed by atoms with E-state index in [-0.39, 0.29) is 5.41 Å². The van der Waals surface area contributed by atoms with Crippen molar-refractivity contribution in [1.82, 2.24) is 20.0 Å². The highest BCUT2D eigenvalue weighted by Crippen LogP contribution is 2.55. The molecule has 0 saturated heterocycles. The molecule has 4 nitrogen and oxygen atoms in total. The van der Waals surface area contributed by atoms with Crippen molar-refractivity contribution in [3.63, 3.8) is 0 Å². The molecule has 5 aromatic carbocycles. The number of H-pyrrole nitrogens is 1. The van der Waals surface area contributed by atoms with Gasteiger partial charge in [0, 0.05) is 27.4 Å². The predicted molar refractivity (Wildman–Crippen MR) is 224 cm³/mol. The Morgan fingerprint density at radius 3 is 1.87 bits per heavy atom. The first-order chi connectivity index (χ1) is 26.2. The average molecular weight is 699 g/mol. The second-order valence-corrected chi connectivity index (χ2v) is 15.4. The molecule has 0 aliphatic heterocycles. The van der Waals surface area contributed by atoms with Gasteiger partial charge in [0.05, 0.1) is 17.2 Å². The van der Waals surface area contributed by atoms with Gasteiger partial charge in [0.15, 0.2) is 0 Å². The molecule has 2 heterocycles. The zero-order chi connectivity index (χ0) is 36.0. The Morgan fingerprint density at radius 2 is 1.13 bits per heavy atom. The first-order valence-corrected chi connectivity index (χ1v) is 20.5. The number of hydrogen-bond acceptors (Lipinski definition) is 2. The number of rotatable bonds is 17. The van der Waals surface area contributed by atoms with E-state index in [9.17, 15) is 0 Å². The lowest BCUT2D eigenvalue weighted by atomic mass is 9.70. The van der Waals surface area contributed by atoms with Crippen molar-refractivity contribution < 1.29 is 0 Å². The number of aromatic amines is 1. The number of hydrogen-bond donors (Lipinski definition) is 1. The summed E-state index contributed by atoms with van der Waals surface area (Å²) >= 11 is 0. The van der Waals surface area contributed by atoms with Gasteiger partial charge in [0.1, 0.15) is 5.69 Å². The van der Waals surface area contributed by atoms with Crippen molar-refractivity contribution in [1.29, 1.82) is 0 Å². The molecule has 1 aliphatic rings. The van der Waals surface area contributed by atoms with Gasteiger partial charge in [-0.3, -0.25) is 0 Å². The van der Waals surface area contributed by atoms with Gasteiger partial charge in [-0.2, -0.15) is 15.4 Å². The molecule has 0 fully saturated rings. The molecular weight excluding hydrogens is 645 g/mol. The summed E-state index contributed by atoms with van der Waals surface area (Å²) in [6.07, 6.45) is 20.3. The standard InChI is InChI=1S/C49H54N4/c1-3-5-7-9-11-17-31-49(32-18-12-10-8-6-4-2)44-21-15-13-19-40(44)41-29-25-38(34-45(41)49)37-26-30-48-43(33-37)42-20-14-16-22-47(42)53(48)39-27-23-36(24-28-39)46-35-50-52-51-46/h13-16,19-30,33-35H,3-12,17-18,31-32H2,1-2H3,(H,50,51,52). The second kappa shape index (κ2) is 16.0. The second-order valence-electron chi connectivity index (χ2n) is 15.4. The fourth-order valence-corrected chi connectivity index (χ4v) is 9.27. The van der Waals surface area contributed by atoms with Crippen LogP contribution < -0.4 is 0 Å². The topological polar surface area (TPSA) is 46.5 Å². The van der Waals surface area contributed by atoms with Crippen molar-refractivity contribution in [2.75, 3.05) is 0 Å². The number of nitrogens with one attached hydrogen (secondary N) is 1. The number of nitrogens with zero attached hydrogens (tertiary/aromatic N) is 3. The molecule has 7 aromatic rings. The quantitative estimate of drug-likeness (QED) is 0.0962. The minimum atomic E-state index is 0.0791. The summed E-state index contributed by atoms with van der Waals surface area (Å²) in [5.74, 6) is 0. The maximum atomic E-state index is 4.27. The average Bonchev–Trinajstić information content (AvgIpc) is 3.93. The molecule has 270 valence electrons. The fraction of sp³-hybridized carbons (Fsp3) is 0.347. The van der Waals surface area contributed by atoms with Crippen molar-refractivity contribution in [3.8, 4) is 39.2 Å². The van der Waals surface area contributed by atoms with Gasteiger partial charge in [0.25, 0.3) is 0 Å². The van der Waals surface area contributed by atoms with E-state index in [1.807, 2.05) is 0 Å². The smallest absolute Gasteiger partial charge is 0.112 e. The summed E-state index contributed by atoms with van der Waals surface area (Å²) in [5, 5.41) is 13.6. The summed E-state index contributed by atoms with van der Waals surface area (Å²) in [6.45, 7) is 4.63. The van der Waals surface area contributed by atoms with Crippen molar-refractivity contribution in [2.24, 2.45) is 0 Å². The zero-order valence-corrected chi connectivity index (χ0v) is 31.7. The van der Waals surface area contributed by atoms with Crippen LogP contribution >= 0.6 is 0 Å². The first kappa shape index (κ1) is 35.1. The first-order valence-electron chi connectivity index (χ1n) is 20.5.